The fourth-order valence-corrected chi connectivity index (χ4v) is 1.61. The highest BCUT2D eigenvalue weighted by Gasteiger charge is 2.04. The first-order chi connectivity index (χ1) is 6.75. The predicted octanol–water partition coefficient (Wildman–Crippen LogP) is 0.339. The molecule has 0 fully saturated rings. The van der Waals surface area contributed by atoms with E-state index in [1.165, 1.54) is 24.3 Å². The molecule has 2 rings (SSSR count). The number of hydrogen-bond donors (Lipinski definition) is 1. The average Bonchev–Trinajstić information content (AvgIpc) is 2.52. The van der Waals surface area contributed by atoms with Crippen LogP contribution in [0, 0.1) is 0 Å². The summed E-state index contributed by atoms with van der Waals surface area (Å²) in [4.78, 5) is 12.1. The van der Waals surface area contributed by atoms with E-state index in [0.29, 0.717) is 10.8 Å². The van der Waals surface area contributed by atoms with E-state index in [1.807, 2.05) is 7.05 Å². The minimum atomic E-state index is 0.400. The van der Waals surface area contributed by atoms with Crippen LogP contribution < -0.4 is 5.73 Å². The molecule has 0 aliphatic heterocycles. The Hall–Kier alpha value is -1.63. The fourth-order valence-electron chi connectivity index (χ4n) is 0.883. The summed E-state index contributed by atoms with van der Waals surface area (Å²) in [6, 6.07) is 0. The Balaban J connectivity index is 2.23. The van der Waals surface area contributed by atoms with Crippen LogP contribution in [0.5, 0.6) is 0 Å². The second-order valence-corrected chi connectivity index (χ2v) is 3.54. The molecular weight excluding hydrogens is 200 g/mol. The summed E-state index contributed by atoms with van der Waals surface area (Å²) in [5.41, 5.74) is 5.50. The highest BCUT2D eigenvalue weighted by molar-refractivity contribution is 7.99. The number of nitrogens with two attached hydrogens (primary N) is 1. The normalized spacial score (nSPS) is 10.4. The molecule has 2 heterocycles. The molecule has 0 atom stereocenters. The molecule has 0 aromatic carbocycles. The maximum absolute atomic E-state index is 5.50. The largest absolute Gasteiger partial charge is 0.382 e. The van der Waals surface area contributed by atoms with Crippen molar-refractivity contribution >= 4 is 17.6 Å². The molecule has 7 heteroatoms. The summed E-state index contributed by atoms with van der Waals surface area (Å²) in [6.45, 7) is 0. The van der Waals surface area contributed by atoms with Crippen LogP contribution in [0.1, 0.15) is 0 Å². The first-order valence-corrected chi connectivity index (χ1v) is 4.67. The highest BCUT2D eigenvalue weighted by atomic mass is 32.2. The molecule has 0 saturated carbocycles. The quantitative estimate of drug-likeness (QED) is 0.766. The molecule has 2 aromatic heterocycles. The minimum Gasteiger partial charge on any atom is -0.382 e. The van der Waals surface area contributed by atoms with E-state index >= 15 is 0 Å². The Kier molecular flexibility index (Phi) is 2.32. The number of anilines is 1. The predicted molar refractivity (Wildman–Crippen MR) is 51.6 cm³/mol. The van der Waals surface area contributed by atoms with Gasteiger partial charge in [0.1, 0.15) is 17.2 Å². The third kappa shape index (κ3) is 1.82. The molecule has 0 aliphatic carbocycles. The van der Waals surface area contributed by atoms with Gasteiger partial charge >= 0.3 is 0 Å². The molecule has 0 unspecified atom stereocenters. The molecule has 0 radical (unpaired) electrons. The van der Waals surface area contributed by atoms with Crippen molar-refractivity contribution in [2.45, 2.75) is 10.2 Å². The van der Waals surface area contributed by atoms with Gasteiger partial charge in [-0.05, 0) is 11.8 Å². The van der Waals surface area contributed by atoms with Gasteiger partial charge in [0.05, 0.1) is 12.4 Å². The van der Waals surface area contributed by atoms with E-state index in [1.54, 1.807) is 10.9 Å². The Morgan fingerprint density at radius 2 is 2.29 bits per heavy atom. The average molecular weight is 208 g/mol. The summed E-state index contributed by atoms with van der Waals surface area (Å²) >= 11 is 1.37. The lowest BCUT2D eigenvalue weighted by molar-refractivity contribution is 0.684. The molecule has 0 bridgehead atoms. The van der Waals surface area contributed by atoms with Gasteiger partial charge in [-0.15, -0.1) is 0 Å². The summed E-state index contributed by atoms with van der Waals surface area (Å²) < 4.78 is 1.66. The van der Waals surface area contributed by atoms with Crippen LogP contribution in [0.3, 0.4) is 0 Å². The minimum absolute atomic E-state index is 0.400. The third-order valence-corrected chi connectivity index (χ3v) is 2.45. The van der Waals surface area contributed by atoms with Crippen LogP contribution in [-0.2, 0) is 7.05 Å². The van der Waals surface area contributed by atoms with Crippen LogP contribution >= 0.6 is 11.8 Å². The monoisotopic (exact) mass is 208 g/mol. The van der Waals surface area contributed by atoms with Crippen molar-refractivity contribution in [3.63, 3.8) is 0 Å². The molecule has 2 N–H and O–H groups in total. The molecule has 72 valence electrons. The van der Waals surface area contributed by atoms with Crippen molar-refractivity contribution in [1.29, 1.82) is 0 Å². The Morgan fingerprint density at radius 1 is 1.43 bits per heavy atom. The second-order valence-electron chi connectivity index (χ2n) is 2.55. The van der Waals surface area contributed by atoms with Gasteiger partial charge < -0.3 is 5.73 Å². The first kappa shape index (κ1) is 8.95. The maximum atomic E-state index is 5.50. The van der Waals surface area contributed by atoms with Crippen molar-refractivity contribution < 1.29 is 0 Å². The number of rotatable bonds is 2. The third-order valence-electron chi connectivity index (χ3n) is 1.50. The van der Waals surface area contributed by atoms with E-state index in [-0.39, 0.29) is 0 Å². The highest BCUT2D eigenvalue weighted by Crippen LogP contribution is 2.22. The van der Waals surface area contributed by atoms with Crippen molar-refractivity contribution in [3.05, 3.63) is 18.7 Å². The first-order valence-electron chi connectivity index (χ1n) is 3.85. The molecule has 0 amide bonds. The molecule has 0 aliphatic rings. The van der Waals surface area contributed by atoms with Crippen molar-refractivity contribution in [2.75, 3.05) is 5.73 Å². The van der Waals surface area contributed by atoms with Gasteiger partial charge in [0, 0.05) is 7.05 Å². The summed E-state index contributed by atoms with van der Waals surface area (Å²) in [6.07, 6.45) is 4.62. The lowest BCUT2D eigenvalue weighted by Crippen LogP contribution is -1.95. The zero-order valence-corrected chi connectivity index (χ0v) is 8.27. The molecule has 6 nitrogen and oxygen atoms in total. The van der Waals surface area contributed by atoms with E-state index in [9.17, 15) is 0 Å². The molecule has 0 spiro atoms. The Morgan fingerprint density at radius 3 is 2.93 bits per heavy atom. The molecular formula is C7H8N6S. The van der Waals surface area contributed by atoms with Gasteiger partial charge in [-0.2, -0.15) is 5.10 Å². The van der Waals surface area contributed by atoms with Gasteiger partial charge in [-0.25, -0.2) is 14.6 Å². The lowest BCUT2D eigenvalue weighted by atomic mass is 10.7. The number of nitrogens with zero attached hydrogens (tertiary/aromatic N) is 5. The van der Waals surface area contributed by atoms with E-state index in [0.717, 1.165) is 5.16 Å². The number of aryl methyl sites for hydroxylation is 1. The molecule has 0 saturated heterocycles. The van der Waals surface area contributed by atoms with Crippen molar-refractivity contribution in [2.24, 2.45) is 7.05 Å². The van der Waals surface area contributed by atoms with Gasteiger partial charge in [0.25, 0.3) is 0 Å². The summed E-state index contributed by atoms with van der Waals surface area (Å²) in [5.74, 6) is 0.400. The zero-order valence-electron chi connectivity index (χ0n) is 7.45. The number of nitrogen functional groups attached to an aromatic ring is 1. The van der Waals surface area contributed by atoms with Gasteiger partial charge in [0.15, 0.2) is 5.16 Å². The Bertz CT molecular complexity index is 439. The van der Waals surface area contributed by atoms with E-state index < -0.39 is 0 Å². The van der Waals surface area contributed by atoms with Crippen LogP contribution in [0.4, 0.5) is 5.82 Å². The topological polar surface area (TPSA) is 82.5 Å². The van der Waals surface area contributed by atoms with E-state index in [4.69, 9.17) is 5.73 Å². The zero-order chi connectivity index (χ0) is 9.97. The standard InChI is InChI=1S/C7H8N6S/c1-13-7(10-4-11-13)14-6-3-9-2-5(8)12-6/h2-4H,1H3,(H2,8,12). The fraction of sp³-hybridized carbons (Fsp3) is 0.143. The summed E-state index contributed by atoms with van der Waals surface area (Å²) in [7, 11) is 1.81. The SMILES string of the molecule is Cn1ncnc1Sc1cncc(N)n1. The second kappa shape index (κ2) is 3.62. The lowest BCUT2D eigenvalue weighted by Gasteiger charge is -1.99. The van der Waals surface area contributed by atoms with Gasteiger partial charge in [0.2, 0.25) is 0 Å². The van der Waals surface area contributed by atoms with Crippen LogP contribution in [0.2, 0.25) is 0 Å². The van der Waals surface area contributed by atoms with Gasteiger partial charge in [-0.3, -0.25) is 4.98 Å². The van der Waals surface area contributed by atoms with Crippen molar-refractivity contribution in [3.8, 4) is 0 Å². The maximum Gasteiger partial charge on any atom is 0.192 e. The van der Waals surface area contributed by atoms with Gasteiger partial charge in [-0.1, -0.05) is 0 Å². The van der Waals surface area contributed by atoms with E-state index in [2.05, 4.69) is 20.1 Å². The summed E-state index contributed by atoms with van der Waals surface area (Å²) in [5, 5.41) is 5.40. The van der Waals surface area contributed by atoms with Crippen molar-refractivity contribution in [1.82, 2.24) is 24.7 Å². The molecule has 2 aromatic rings. The van der Waals surface area contributed by atoms with Crippen LogP contribution in [0.15, 0.2) is 28.9 Å². The number of aromatic nitrogens is 5. The van der Waals surface area contributed by atoms with Crippen LogP contribution in [-0.4, -0.2) is 24.7 Å². The molecule has 14 heavy (non-hydrogen) atoms. The van der Waals surface area contributed by atoms with Crippen LogP contribution in [0.25, 0.3) is 0 Å². The smallest absolute Gasteiger partial charge is 0.192 e. The number of hydrogen-bond acceptors (Lipinski definition) is 6. The Labute approximate surface area is 84.6 Å².